The highest BCUT2D eigenvalue weighted by Gasteiger charge is 2.11. The first-order valence-electron chi connectivity index (χ1n) is 5.73. The fraction of sp³-hybridized carbons (Fsp3) is 0. The summed E-state index contributed by atoms with van der Waals surface area (Å²) in [5, 5.41) is 10.7. The molecule has 0 fully saturated rings. The van der Waals surface area contributed by atoms with Crippen LogP contribution in [-0.2, 0) is 0 Å². The molecule has 3 heteroatoms. The first kappa shape index (κ1) is 13.1. The Kier molecular flexibility index (Phi) is 4.54. The maximum Gasteiger partial charge on any atom is 0.204 e. The van der Waals surface area contributed by atoms with Crippen molar-refractivity contribution >= 4 is 17.5 Å². The fourth-order valence-corrected chi connectivity index (χ4v) is 2.23. The third kappa shape index (κ3) is 3.57. The zero-order valence-corrected chi connectivity index (χ0v) is 10.9. The summed E-state index contributed by atoms with van der Waals surface area (Å²) in [6.07, 6.45) is 0. The van der Waals surface area contributed by atoms with Gasteiger partial charge in [-0.2, -0.15) is 5.26 Å². The van der Waals surface area contributed by atoms with Crippen molar-refractivity contribution in [3.05, 3.63) is 77.2 Å². The number of Topliss-reactive ketones (excluding diaryl/α,β-unsaturated/α-hetero) is 1. The second kappa shape index (κ2) is 6.58. The highest BCUT2D eigenvalue weighted by molar-refractivity contribution is 8.02. The van der Waals surface area contributed by atoms with E-state index in [-0.39, 0.29) is 11.4 Å². The molecular formula is C16H11NOS. The van der Waals surface area contributed by atoms with Gasteiger partial charge in [0, 0.05) is 10.5 Å². The number of benzene rings is 2. The molecule has 2 aromatic carbocycles. The lowest BCUT2D eigenvalue weighted by molar-refractivity contribution is 0.103. The van der Waals surface area contributed by atoms with E-state index in [0.717, 1.165) is 4.90 Å². The standard InChI is InChI=1S/C16H11NOS/c17-11-14(12-19-15-9-5-2-6-10-15)16(18)13-7-3-1-4-8-13/h1-10,12H. The number of nitriles is 1. The summed E-state index contributed by atoms with van der Waals surface area (Å²) >= 11 is 1.37. The maximum absolute atomic E-state index is 12.1. The van der Waals surface area contributed by atoms with Crippen LogP contribution in [0.15, 0.2) is 76.5 Å². The van der Waals surface area contributed by atoms with Crippen LogP contribution in [0.1, 0.15) is 10.4 Å². The molecule has 2 aromatic rings. The summed E-state index contributed by atoms with van der Waals surface area (Å²) in [4.78, 5) is 13.1. The molecule has 92 valence electrons. The van der Waals surface area contributed by atoms with Gasteiger partial charge in [-0.15, -0.1) is 0 Å². The van der Waals surface area contributed by atoms with Crippen molar-refractivity contribution in [3.63, 3.8) is 0 Å². The molecule has 0 aromatic heterocycles. The number of hydrogen-bond donors (Lipinski definition) is 0. The summed E-state index contributed by atoms with van der Waals surface area (Å²) in [6, 6.07) is 20.4. The van der Waals surface area contributed by atoms with E-state index >= 15 is 0 Å². The van der Waals surface area contributed by atoms with Crippen molar-refractivity contribution in [2.24, 2.45) is 0 Å². The average Bonchev–Trinajstić information content (AvgIpc) is 2.49. The Morgan fingerprint density at radius 2 is 1.58 bits per heavy atom. The molecule has 0 spiro atoms. The highest BCUT2D eigenvalue weighted by Crippen LogP contribution is 2.21. The van der Waals surface area contributed by atoms with Gasteiger partial charge in [-0.1, -0.05) is 60.3 Å². The zero-order chi connectivity index (χ0) is 13.5. The topological polar surface area (TPSA) is 40.9 Å². The molecule has 0 atom stereocenters. The van der Waals surface area contributed by atoms with Gasteiger partial charge in [0.05, 0.1) is 0 Å². The van der Waals surface area contributed by atoms with E-state index < -0.39 is 0 Å². The van der Waals surface area contributed by atoms with Crippen LogP contribution >= 0.6 is 11.8 Å². The monoisotopic (exact) mass is 265 g/mol. The number of carbonyl (C=O) groups excluding carboxylic acids is 1. The molecule has 0 aliphatic heterocycles. The molecule has 0 N–H and O–H groups in total. The molecule has 0 radical (unpaired) electrons. The maximum atomic E-state index is 12.1. The van der Waals surface area contributed by atoms with Gasteiger partial charge in [-0.05, 0) is 17.5 Å². The summed E-state index contributed by atoms with van der Waals surface area (Å²) < 4.78 is 0. The number of hydrogen-bond acceptors (Lipinski definition) is 3. The lowest BCUT2D eigenvalue weighted by Crippen LogP contribution is -2.00. The Hall–Kier alpha value is -2.31. The molecule has 0 aliphatic rings. The van der Waals surface area contributed by atoms with Crippen molar-refractivity contribution < 1.29 is 4.79 Å². The fourth-order valence-electron chi connectivity index (χ4n) is 1.50. The van der Waals surface area contributed by atoms with Crippen molar-refractivity contribution in [2.45, 2.75) is 4.90 Å². The van der Waals surface area contributed by atoms with Gasteiger partial charge in [0.2, 0.25) is 5.78 Å². The molecule has 19 heavy (non-hydrogen) atoms. The Bertz CT molecular complexity index is 627. The van der Waals surface area contributed by atoms with Crippen LogP contribution in [0.4, 0.5) is 0 Å². The predicted octanol–water partition coefficient (Wildman–Crippen LogP) is 4.07. The van der Waals surface area contributed by atoms with Gasteiger partial charge in [-0.25, -0.2) is 0 Å². The quantitative estimate of drug-likeness (QED) is 0.362. The lowest BCUT2D eigenvalue weighted by atomic mass is 10.1. The van der Waals surface area contributed by atoms with E-state index in [1.54, 1.807) is 29.7 Å². The van der Waals surface area contributed by atoms with Crippen LogP contribution in [0.3, 0.4) is 0 Å². The van der Waals surface area contributed by atoms with Crippen molar-refractivity contribution in [2.75, 3.05) is 0 Å². The molecule has 2 rings (SSSR count). The van der Waals surface area contributed by atoms with Gasteiger partial charge in [0.25, 0.3) is 0 Å². The minimum Gasteiger partial charge on any atom is -0.288 e. The predicted molar refractivity (Wildman–Crippen MR) is 76.8 cm³/mol. The van der Waals surface area contributed by atoms with Crippen LogP contribution < -0.4 is 0 Å². The Morgan fingerprint density at radius 3 is 2.16 bits per heavy atom. The third-order valence-corrected chi connectivity index (χ3v) is 3.36. The lowest BCUT2D eigenvalue weighted by Gasteiger charge is -1.99. The second-order valence-corrected chi connectivity index (χ2v) is 4.71. The Labute approximate surface area is 116 Å². The molecule has 0 saturated heterocycles. The Balaban J connectivity index is 2.17. The molecule has 0 amide bonds. The number of rotatable bonds is 4. The SMILES string of the molecule is N#CC(=CSc1ccccc1)C(=O)c1ccccc1. The summed E-state index contributed by atoms with van der Waals surface area (Å²) in [5.74, 6) is -0.244. The normalized spacial score (nSPS) is 10.8. The number of carbonyl (C=O) groups is 1. The van der Waals surface area contributed by atoms with E-state index in [9.17, 15) is 4.79 Å². The summed E-state index contributed by atoms with van der Waals surface area (Å²) in [5.41, 5.74) is 0.684. The van der Waals surface area contributed by atoms with Crippen LogP contribution in [0.25, 0.3) is 0 Å². The van der Waals surface area contributed by atoms with Crippen molar-refractivity contribution in [3.8, 4) is 6.07 Å². The van der Waals surface area contributed by atoms with E-state index in [0.29, 0.717) is 5.56 Å². The Morgan fingerprint density at radius 1 is 1.00 bits per heavy atom. The van der Waals surface area contributed by atoms with Crippen LogP contribution in [0.5, 0.6) is 0 Å². The summed E-state index contributed by atoms with van der Waals surface area (Å²) in [6.45, 7) is 0. The van der Waals surface area contributed by atoms with E-state index in [1.807, 2.05) is 42.5 Å². The first-order valence-corrected chi connectivity index (χ1v) is 6.61. The molecule has 0 saturated carbocycles. The van der Waals surface area contributed by atoms with Gasteiger partial charge < -0.3 is 0 Å². The van der Waals surface area contributed by atoms with Gasteiger partial charge >= 0.3 is 0 Å². The van der Waals surface area contributed by atoms with E-state index in [2.05, 4.69) is 0 Å². The molecule has 0 heterocycles. The van der Waals surface area contributed by atoms with Crippen LogP contribution in [0, 0.1) is 11.3 Å². The van der Waals surface area contributed by atoms with E-state index in [4.69, 9.17) is 5.26 Å². The third-order valence-electron chi connectivity index (χ3n) is 2.46. The molecule has 0 unspecified atom stereocenters. The molecular weight excluding hydrogens is 254 g/mol. The average molecular weight is 265 g/mol. The van der Waals surface area contributed by atoms with Crippen LogP contribution in [0.2, 0.25) is 0 Å². The van der Waals surface area contributed by atoms with Gasteiger partial charge in [0.15, 0.2) is 0 Å². The highest BCUT2D eigenvalue weighted by atomic mass is 32.2. The smallest absolute Gasteiger partial charge is 0.204 e. The number of allylic oxidation sites excluding steroid dienone is 1. The summed E-state index contributed by atoms with van der Waals surface area (Å²) in [7, 11) is 0. The second-order valence-electron chi connectivity index (χ2n) is 3.77. The zero-order valence-electron chi connectivity index (χ0n) is 10.1. The number of ketones is 1. The number of nitrogens with zero attached hydrogens (tertiary/aromatic N) is 1. The largest absolute Gasteiger partial charge is 0.288 e. The molecule has 0 bridgehead atoms. The molecule has 2 nitrogen and oxygen atoms in total. The first-order chi connectivity index (χ1) is 9.31. The molecule has 0 aliphatic carbocycles. The van der Waals surface area contributed by atoms with Crippen molar-refractivity contribution in [1.29, 1.82) is 5.26 Å². The van der Waals surface area contributed by atoms with Gasteiger partial charge in [0.1, 0.15) is 11.6 Å². The minimum absolute atomic E-state index is 0.153. The van der Waals surface area contributed by atoms with E-state index in [1.165, 1.54) is 11.8 Å². The number of thioether (sulfide) groups is 1. The van der Waals surface area contributed by atoms with Crippen molar-refractivity contribution in [1.82, 2.24) is 0 Å². The van der Waals surface area contributed by atoms with Gasteiger partial charge in [-0.3, -0.25) is 4.79 Å². The minimum atomic E-state index is -0.244. The van der Waals surface area contributed by atoms with Crippen LogP contribution in [-0.4, -0.2) is 5.78 Å².